The van der Waals surface area contributed by atoms with Gasteiger partial charge in [-0.15, -0.1) is 0 Å². The standard InChI is InChI=1S/Fe.2H3N.2H2O4S.6H2O/c;;;2*1-5(2,3)4;;;;;;/h;2*1H3;2*(H2,1,2,3,4);6*1H2/q+3;;;;;;;;;;/p-2. The first kappa shape index (κ1) is 96.7. The van der Waals surface area contributed by atoms with Crippen LogP contribution in [0, 0.1) is 0 Å². The van der Waals surface area contributed by atoms with Gasteiger partial charge in [-0.1, -0.05) is 0 Å². The summed E-state index contributed by atoms with van der Waals surface area (Å²) in [6.07, 6.45) is 0. The molecule has 0 saturated carbocycles. The molecule has 20 N–H and O–H groups in total. The molecule has 0 amide bonds. The second kappa shape index (κ2) is 36.1. The van der Waals surface area contributed by atoms with Gasteiger partial charge in [-0.2, -0.15) is 0 Å². The molecular formula is H20FeN2O14S2+. The maximum Gasteiger partial charge on any atom is 3.00 e. The SMILES string of the molecule is O.O.O.O.O.O.O=S(=O)([O-])[O-].O=S(=O)([O-])[O-].[Fe+3].[NH4+].[NH4+]. The van der Waals surface area contributed by atoms with Crippen molar-refractivity contribution in [1.82, 2.24) is 12.3 Å². The van der Waals surface area contributed by atoms with Crippen LogP contribution in [-0.4, -0.2) is 67.9 Å². The molecule has 0 aliphatic carbocycles. The minimum Gasteiger partial charge on any atom is -0.759 e. The van der Waals surface area contributed by atoms with Crippen molar-refractivity contribution in [2.24, 2.45) is 0 Å². The number of hydrogen-bond donors (Lipinski definition) is 2. The molecule has 19 heteroatoms. The second-order valence-electron chi connectivity index (χ2n) is 0.816. The molecule has 1 radical (unpaired) electrons. The van der Waals surface area contributed by atoms with Gasteiger partial charge in [-0.05, 0) is 0 Å². The Morgan fingerprint density at radius 2 is 0.474 bits per heavy atom. The third-order valence-corrected chi connectivity index (χ3v) is 0. The van der Waals surface area contributed by atoms with Crippen LogP contribution in [0.3, 0.4) is 0 Å². The summed E-state index contributed by atoms with van der Waals surface area (Å²) in [4.78, 5) is 0. The Balaban J connectivity index is -0.00000000508. The van der Waals surface area contributed by atoms with Crippen LogP contribution in [0.25, 0.3) is 0 Å². The zero-order chi connectivity index (χ0) is 9.00. The van der Waals surface area contributed by atoms with Gasteiger partial charge in [0.1, 0.15) is 0 Å². The van der Waals surface area contributed by atoms with E-state index in [1.807, 2.05) is 0 Å². The first-order valence-electron chi connectivity index (χ1n) is 1.33. The van der Waals surface area contributed by atoms with Crippen molar-refractivity contribution in [1.29, 1.82) is 0 Å². The van der Waals surface area contributed by atoms with E-state index in [0.717, 1.165) is 0 Å². The van der Waals surface area contributed by atoms with Crippen molar-refractivity contribution in [2.45, 2.75) is 0 Å². The molecule has 0 heterocycles. The van der Waals surface area contributed by atoms with Crippen LogP contribution in [0.5, 0.6) is 0 Å². The van der Waals surface area contributed by atoms with Crippen molar-refractivity contribution >= 4 is 20.8 Å². The van der Waals surface area contributed by atoms with E-state index in [1.165, 1.54) is 0 Å². The smallest absolute Gasteiger partial charge is 0.759 e. The Morgan fingerprint density at radius 3 is 0.474 bits per heavy atom. The van der Waals surface area contributed by atoms with Gasteiger partial charge in [0.25, 0.3) is 0 Å². The van der Waals surface area contributed by atoms with E-state index in [4.69, 9.17) is 35.0 Å². The van der Waals surface area contributed by atoms with Crippen LogP contribution in [0.2, 0.25) is 0 Å². The average Bonchev–Trinajstić information content (AvgIpc) is 1.12. The topological polar surface area (TPSA) is 423 Å². The summed E-state index contributed by atoms with van der Waals surface area (Å²) in [7, 11) is -10.3. The van der Waals surface area contributed by atoms with Crippen molar-refractivity contribution in [3.63, 3.8) is 0 Å². The zero-order valence-electron chi connectivity index (χ0n) is 9.44. The molecule has 133 valence electrons. The molecule has 0 saturated heterocycles. The van der Waals surface area contributed by atoms with Crippen molar-refractivity contribution < 1.29 is 85.0 Å². The first-order chi connectivity index (χ1) is 4.00. The van der Waals surface area contributed by atoms with Crippen LogP contribution in [-0.2, 0) is 37.9 Å². The summed E-state index contributed by atoms with van der Waals surface area (Å²) in [6.45, 7) is 0. The molecule has 0 aromatic carbocycles. The Morgan fingerprint density at radius 1 is 0.474 bits per heavy atom. The summed E-state index contributed by atoms with van der Waals surface area (Å²) < 4.78 is 68.2. The minimum absolute atomic E-state index is 0. The molecule has 0 spiro atoms. The fourth-order valence-electron chi connectivity index (χ4n) is 0. The Labute approximate surface area is 118 Å². The molecule has 0 aromatic heterocycles. The molecule has 0 rings (SSSR count). The average molecular weight is 392 g/mol. The Kier molecular flexibility index (Phi) is 184. The van der Waals surface area contributed by atoms with Gasteiger partial charge in [0.05, 0.1) is 0 Å². The summed E-state index contributed by atoms with van der Waals surface area (Å²) in [5.74, 6) is 0. The minimum atomic E-state index is -5.17. The molecule has 0 aliphatic rings. The monoisotopic (exact) mass is 392 g/mol. The van der Waals surface area contributed by atoms with Gasteiger partial charge >= 0.3 is 17.1 Å². The van der Waals surface area contributed by atoms with Crippen LogP contribution >= 0.6 is 0 Å². The third kappa shape index (κ3) is 1240000. The molecule has 0 aliphatic heterocycles. The molecular weight excluding hydrogens is 372 g/mol. The molecule has 0 bridgehead atoms. The van der Waals surface area contributed by atoms with Crippen LogP contribution in [0.4, 0.5) is 0 Å². The maximum absolute atomic E-state index is 8.52. The summed E-state index contributed by atoms with van der Waals surface area (Å²) in [5.41, 5.74) is 0. The predicted molar refractivity (Wildman–Crippen MR) is 54.6 cm³/mol. The van der Waals surface area contributed by atoms with Crippen molar-refractivity contribution in [2.75, 3.05) is 0 Å². The number of hydrogen-bond acceptors (Lipinski definition) is 8. The fourth-order valence-corrected chi connectivity index (χ4v) is 0. The van der Waals surface area contributed by atoms with Gasteiger partial charge in [0.2, 0.25) is 0 Å². The van der Waals surface area contributed by atoms with E-state index >= 15 is 0 Å². The summed E-state index contributed by atoms with van der Waals surface area (Å²) in [5, 5.41) is 0. The summed E-state index contributed by atoms with van der Waals surface area (Å²) >= 11 is 0. The molecule has 0 unspecified atom stereocenters. The molecule has 0 fully saturated rings. The quantitative estimate of drug-likeness (QED) is 0.226. The van der Waals surface area contributed by atoms with Gasteiger partial charge in [-0.3, -0.25) is 16.8 Å². The Hall–Kier alpha value is -0.0605. The van der Waals surface area contributed by atoms with E-state index in [1.54, 1.807) is 0 Å². The van der Waals surface area contributed by atoms with Gasteiger partial charge in [-0.25, -0.2) is 0 Å². The van der Waals surface area contributed by atoms with Crippen molar-refractivity contribution in [3.8, 4) is 0 Å². The third-order valence-electron chi connectivity index (χ3n) is 0. The fraction of sp³-hybridized carbons (Fsp3) is 0. The zero-order valence-corrected chi connectivity index (χ0v) is 12.2. The van der Waals surface area contributed by atoms with E-state index in [2.05, 4.69) is 0 Å². The van der Waals surface area contributed by atoms with E-state index in [-0.39, 0.29) is 62.2 Å². The van der Waals surface area contributed by atoms with Gasteiger partial charge in [0.15, 0.2) is 0 Å². The normalized spacial score (nSPS) is 6.11. The molecule has 0 atom stereocenters. The van der Waals surface area contributed by atoms with Crippen molar-refractivity contribution in [3.05, 3.63) is 0 Å². The number of quaternary nitrogens is 2. The van der Waals surface area contributed by atoms with E-state index in [0.29, 0.717) is 0 Å². The number of rotatable bonds is 0. The molecule has 19 heavy (non-hydrogen) atoms. The van der Waals surface area contributed by atoms with Crippen LogP contribution < -0.4 is 12.3 Å². The predicted octanol–water partition coefficient (Wildman–Crippen LogP) is -6.87. The largest absolute Gasteiger partial charge is 3.00 e. The van der Waals surface area contributed by atoms with Gasteiger partial charge < -0.3 is 63.4 Å². The van der Waals surface area contributed by atoms with Crippen LogP contribution in [0.15, 0.2) is 0 Å². The Bertz CT molecular complexity index is 220. The van der Waals surface area contributed by atoms with E-state index in [9.17, 15) is 0 Å². The molecule has 0 aromatic rings. The van der Waals surface area contributed by atoms with Crippen LogP contribution in [0.1, 0.15) is 0 Å². The summed E-state index contributed by atoms with van der Waals surface area (Å²) in [6, 6.07) is 0. The second-order valence-corrected chi connectivity index (χ2v) is 2.45. The maximum atomic E-state index is 8.52. The first-order valence-corrected chi connectivity index (χ1v) is 4.00. The van der Waals surface area contributed by atoms with E-state index < -0.39 is 20.8 Å². The van der Waals surface area contributed by atoms with Gasteiger partial charge in [0, 0.05) is 20.8 Å². The molecule has 16 nitrogen and oxygen atoms in total.